The first-order chi connectivity index (χ1) is 7.61. The third kappa shape index (κ3) is 1.89. The van der Waals surface area contributed by atoms with Crippen molar-refractivity contribution in [3.63, 3.8) is 0 Å². The molecule has 82 valence electrons. The van der Waals surface area contributed by atoms with Gasteiger partial charge < -0.3 is 5.73 Å². The molecule has 16 heavy (non-hydrogen) atoms. The Labute approximate surface area is 105 Å². The predicted octanol–water partition coefficient (Wildman–Crippen LogP) is 4.55. The zero-order valence-electron chi connectivity index (χ0n) is 8.80. The molecule has 3 heteroatoms. The second-order valence-corrected chi connectivity index (χ2v) is 4.45. The zero-order chi connectivity index (χ0) is 11.7. The Morgan fingerprint density at radius 3 is 2.12 bits per heavy atom. The van der Waals surface area contributed by atoms with Crippen molar-refractivity contribution in [3.8, 4) is 11.1 Å². The molecule has 0 spiro atoms. The molecule has 0 saturated heterocycles. The van der Waals surface area contributed by atoms with E-state index in [2.05, 4.69) is 0 Å². The van der Waals surface area contributed by atoms with Crippen molar-refractivity contribution in [3.05, 3.63) is 52.0 Å². The number of para-hydroxylation sites is 1. The van der Waals surface area contributed by atoms with Crippen molar-refractivity contribution < 1.29 is 0 Å². The van der Waals surface area contributed by atoms with Crippen LogP contribution in [-0.2, 0) is 0 Å². The highest BCUT2D eigenvalue weighted by Gasteiger charge is 2.11. The maximum atomic E-state index is 6.15. The highest BCUT2D eigenvalue weighted by molar-refractivity contribution is 6.39. The van der Waals surface area contributed by atoms with Gasteiger partial charge in [0, 0.05) is 26.9 Å². The molecule has 2 rings (SSSR count). The Kier molecular flexibility index (Phi) is 3.08. The van der Waals surface area contributed by atoms with Gasteiger partial charge in [-0.05, 0) is 24.6 Å². The van der Waals surface area contributed by atoms with Gasteiger partial charge in [-0.15, -0.1) is 0 Å². The first-order valence-electron chi connectivity index (χ1n) is 4.90. The molecule has 0 aliphatic rings. The number of aryl methyl sites for hydroxylation is 1. The summed E-state index contributed by atoms with van der Waals surface area (Å²) in [6, 6.07) is 11.3. The average Bonchev–Trinajstić information content (AvgIpc) is 2.24. The lowest BCUT2D eigenvalue weighted by molar-refractivity contribution is 1.46. The molecule has 0 unspecified atom stereocenters. The SMILES string of the molecule is Cc1cccc(-c2c(Cl)cccc2Cl)c1N. The standard InChI is InChI=1S/C13H11Cl2N/c1-8-4-2-5-9(13(8)16)12-10(14)6-3-7-11(12)15/h2-7H,16H2,1H3. The Balaban J connectivity index is 2.73. The van der Waals surface area contributed by atoms with Gasteiger partial charge in [-0.1, -0.05) is 47.5 Å². The molecule has 0 bridgehead atoms. The summed E-state index contributed by atoms with van der Waals surface area (Å²) < 4.78 is 0. The summed E-state index contributed by atoms with van der Waals surface area (Å²) >= 11 is 12.3. The van der Waals surface area contributed by atoms with Crippen molar-refractivity contribution in [2.75, 3.05) is 5.73 Å². The molecule has 2 aromatic rings. The fourth-order valence-corrected chi connectivity index (χ4v) is 2.25. The third-order valence-electron chi connectivity index (χ3n) is 2.56. The summed E-state index contributed by atoms with van der Waals surface area (Å²) in [6.45, 7) is 1.96. The molecule has 0 aliphatic carbocycles. The Morgan fingerprint density at radius 1 is 0.938 bits per heavy atom. The monoisotopic (exact) mass is 251 g/mol. The van der Waals surface area contributed by atoms with Crippen LogP contribution in [0.25, 0.3) is 11.1 Å². The van der Waals surface area contributed by atoms with Gasteiger partial charge in [-0.2, -0.15) is 0 Å². The first kappa shape index (κ1) is 11.3. The summed E-state index contributed by atoms with van der Waals surface area (Å²) in [5.41, 5.74) is 9.46. The summed E-state index contributed by atoms with van der Waals surface area (Å²) in [5.74, 6) is 0. The molecule has 2 aromatic carbocycles. The lowest BCUT2D eigenvalue weighted by Crippen LogP contribution is -1.94. The molecule has 0 aliphatic heterocycles. The topological polar surface area (TPSA) is 26.0 Å². The van der Waals surface area contributed by atoms with E-state index in [1.54, 1.807) is 0 Å². The number of anilines is 1. The highest BCUT2D eigenvalue weighted by atomic mass is 35.5. The Bertz CT molecular complexity index is 515. The lowest BCUT2D eigenvalue weighted by Gasteiger charge is -2.11. The minimum Gasteiger partial charge on any atom is -0.398 e. The van der Waals surface area contributed by atoms with Gasteiger partial charge in [-0.3, -0.25) is 0 Å². The Hall–Kier alpha value is -1.18. The van der Waals surface area contributed by atoms with E-state index in [1.165, 1.54) is 0 Å². The largest absolute Gasteiger partial charge is 0.398 e. The Morgan fingerprint density at radius 2 is 1.50 bits per heavy atom. The van der Waals surface area contributed by atoms with Crippen LogP contribution in [0.15, 0.2) is 36.4 Å². The summed E-state index contributed by atoms with van der Waals surface area (Å²) in [6.07, 6.45) is 0. The number of nitrogen functional groups attached to an aromatic ring is 1. The molecule has 0 fully saturated rings. The molecule has 0 heterocycles. The van der Waals surface area contributed by atoms with Crippen molar-refractivity contribution in [1.82, 2.24) is 0 Å². The molecule has 0 amide bonds. The quantitative estimate of drug-likeness (QED) is 0.740. The van der Waals surface area contributed by atoms with Crippen LogP contribution in [0, 0.1) is 6.92 Å². The molecule has 0 saturated carbocycles. The molecular weight excluding hydrogens is 241 g/mol. The van der Waals surface area contributed by atoms with Gasteiger partial charge in [0.05, 0.1) is 0 Å². The van der Waals surface area contributed by atoms with E-state index < -0.39 is 0 Å². The number of nitrogens with two attached hydrogens (primary N) is 1. The minimum atomic E-state index is 0.616. The van der Waals surface area contributed by atoms with Crippen LogP contribution in [0.5, 0.6) is 0 Å². The van der Waals surface area contributed by atoms with Crippen molar-refractivity contribution in [1.29, 1.82) is 0 Å². The fourth-order valence-electron chi connectivity index (χ4n) is 1.65. The van der Waals surface area contributed by atoms with E-state index in [4.69, 9.17) is 28.9 Å². The van der Waals surface area contributed by atoms with Crippen molar-refractivity contribution >= 4 is 28.9 Å². The number of rotatable bonds is 1. The maximum absolute atomic E-state index is 6.15. The summed E-state index contributed by atoms with van der Waals surface area (Å²) in [4.78, 5) is 0. The number of hydrogen-bond donors (Lipinski definition) is 1. The smallest absolute Gasteiger partial charge is 0.0500 e. The molecular formula is C13H11Cl2N. The normalized spacial score (nSPS) is 10.4. The zero-order valence-corrected chi connectivity index (χ0v) is 10.3. The van der Waals surface area contributed by atoms with Crippen LogP contribution in [0.3, 0.4) is 0 Å². The maximum Gasteiger partial charge on any atom is 0.0500 e. The van der Waals surface area contributed by atoms with E-state index in [9.17, 15) is 0 Å². The van der Waals surface area contributed by atoms with Crippen molar-refractivity contribution in [2.45, 2.75) is 6.92 Å². The van der Waals surface area contributed by atoms with Gasteiger partial charge in [0.15, 0.2) is 0 Å². The van der Waals surface area contributed by atoms with E-state index in [0.717, 1.165) is 22.4 Å². The number of halogens is 2. The summed E-state index contributed by atoms with van der Waals surface area (Å²) in [5, 5.41) is 1.23. The van der Waals surface area contributed by atoms with Crippen LogP contribution in [0.2, 0.25) is 10.0 Å². The second kappa shape index (κ2) is 4.36. The molecule has 0 aromatic heterocycles. The van der Waals surface area contributed by atoms with E-state index >= 15 is 0 Å². The van der Waals surface area contributed by atoms with Gasteiger partial charge in [0.1, 0.15) is 0 Å². The molecule has 2 N–H and O–H groups in total. The van der Waals surface area contributed by atoms with Gasteiger partial charge in [-0.25, -0.2) is 0 Å². The summed E-state index contributed by atoms with van der Waals surface area (Å²) in [7, 11) is 0. The molecule has 1 nitrogen and oxygen atoms in total. The highest BCUT2D eigenvalue weighted by Crippen LogP contribution is 2.38. The van der Waals surface area contributed by atoms with E-state index in [-0.39, 0.29) is 0 Å². The first-order valence-corrected chi connectivity index (χ1v) is 5.66. The second-order valence-electron chi connectivity index (χ2n) is 3.63. The number of benzene rings is 2. The van der Waals surface area contributed by atoms with Crippen molar-refractivity contribution in [2.24, 2.45) is 0 Å². The number of hydrogen-bond acceptors (Lipinski definition) is 1. The fraction of sp³-hybridized carbons (Fsp3) is 0.0769. The van der Waals surface area contributed by atoms with Crippen LogP contribution in [0.4, 0.5) is 5.69 Å². The van der Waals surface area contributed by atoms with Gasteiger partial charge in [0.25, 0.3) is 0 Å². The average molecular weight is 252 g/mol. The van der Waals surface area contributed by atoms with Crippen LogP contribution in [-0.4, -0.2) is 0 Å². The predicted molar refractivity (Wildman–Crippen MR) is 71.0 cm³/mol. The van der Waals surface area contributed by atoms with E-state index in [0.29, 0.717) is 10.0 Å². The lowest BCUT2D eigenvalue weighted by atomic mass is 10.0. The van der Waals surface area contributed by atoms with Gasteiger partial charge in [0.2, 0.25) is 0 Å². The minimum absolute atomic E-state index is 0.616. The third-order valence-corrected chi connectivity index (χ3v) is 3.19. The van der Waals surface area contributed by atoms with E-state index in [1.807, 2.05) is 43.3 Å². The van der Waals surface area contributed by atoms with Crippen LogP contribution in [0.1, 0.15) is 5.56 Å². The van der Waals surface area contributed by atoms with Crippen LogP contribution < -0.4 is 5.73 Å². The molecule has 0 radical (unpaired) electrons. The van der Waals surface area contributed by atoms with Crippen LogP contribution >= 0.6 is 23.2 Å². The molecule has 0 atom stereocenters. The van der Waals surface area contributed by atoms with Gasteiger partial charge >= 0.3 is 0 Å².